The van der Waals surface area contributed by atoms with Crippen LogP contribution >= 0.6 is 118 Å². The van der Waals surface area contributed by atoms with Crippen molar-refractivity contribution < 1.29 is 58.8 Å². The summed E-state index contributed by atoms with van der Waals surface area (Å²) in [5, 5.41) is 55.3. The number of nitrogens with zero attached hydrogens (tertiary/aromatic N) is 4. The lowest BCUT2D eigenvalue weighted by molar-refractivity contribution is -0.133. The van der Waals surface area contributed by atoms with Crippen LogP contribution in [0.4, 0.5) is 11.4 Å². The van der Waals surface area contributed by atoms with E-state index in [1.54, 1.807) is 103 Å². The summed E-state index contributed by atoms with van der Waals surface area (Å²) in [5.41, 5.74) is 7.07. The van der Waals surface area contributed by atoms with E-state index in [9.17, 15) is 58.8 Å². The number of hydrogen-bond acceptors (Lipinski definition) is 16. The van der Waals surface area contributed by atoms with Crippen molar-refractivity contribution in [2.45, 2.75) is 161 Å². The number of carbonyl (C=O) groups excluding carboxylic acids is 8. The summed E-state index contributed by atoms with van der Waals surface area (Å²) < 4.78 is 2.84. The highest BCUT2D eigenvalue weighted by Crippen LogP contribution is 2.59. The molecule has 8 bridgehead atoms. The van der Waals surface area contributed by atoms with Gasteiger partial charge >= 0.3 is 0 Å². The molecule has 4 unspecified atom stereocenters. The molecule has 20 nitrogen and oxygen atoms in total. The predicted molar refractivity (Wildman–Crippen MR) is 468 cm³/mol. The van der Waals surface area contributed by atoms with Gasteiger partial charge in [0.25, 0.3) is 47.3 Å². The maximum Gasteiger partial charge on any atom is 0.264 e. The highest BCUT2D eigenvalue weighted by atomic mass is 79.9. The Morgan fingerprint density at radius 2 is 0.701 bits per heavy atom. The van der Waals surface area contributed by atoms with E-state index in [1.165, 1.54) is 44.1 Å². The smallest absolute Gasteiger partial charge is 0.264 e. The lowest BCUT2D eigenvalue weighted by atomic mass is 9.53. The molecular weight excluding hydrogens is 1800 g/mol. The van der Waals surface area contributed by atoms with Gasteiger partial charge in [-0.25, -0.2) is 0 Å². The zero-order valence-corrected chi connectivity index (χ0v) is 73.7. The van der Waals surface area contributed by atoms with Crippen molar-refractivity contribution in [2.75, 3.05) is 33.6 Å². The van der Waals surface area contributed by atoms with E-state index in [0.717, 1.165) is 91.7 Å². The normalized spacial score (nSPS) is 30.3. The Labute approximate surface area is 730 Å². The van der Waals surface area contributed by atoms with Gasteiger partial charge in [-0.3, -0.25) is 38.4 Å². The number of rotatable bonds is 13. The number of amides is 8. The van der Waals surface area contributed by atoms with E-state index in [-0.39, 0.29) is 102 Å². The van der Waals surface area contributed by atoms with Crippen LogP contribution in [-0.4, -0.2) is 146 Å². The van der Waals surface area contributed by atoms with Crippen molar-refractivity contribution in [1.82, 2.24) is 30.2 Å². The summed E-state index contributed by atoms with van der Waals surface area (Å²) in [5.74, 6) is 2.62. The van der Waals surface area contributed by atoms with Crippen molar-refractivity contribution in [3.63, 3.8) is 0 Å². The molecule has 16 aliphatic rings. The first-order chi connectivity index (χ1) is 56.1. The summed E-state index contributed by atoms with van der Waals surface area (Å²) in [6.07, 6.45) is 14.9. The third kappa shape index (κ3) is 15.7. The molecule has 22 rings (SSSR count). The molecule has 6 aromatic rings. The lowest BCUT2D eigenvalue weighted by Crippen LogP contribution is -2.60. The number of anilines is 2. The highest BCUT2D eigenvalue weighted by Gasteiger charge is 2.59. The number of hydrogen-bond donors (Lipinski definition) is 8. The number of aryl methyl sites for hydroxylation is 3. The second kappa shape index (κ2) is 32.9. The second-order valence-electron chi connectivity index (χ2n) is 33.6. The fourth-order valence-corrected chi connectivity index (χ4v) is 28.4. The van der Waals surface area contributed by atoms with Gasteiger partial charge in [0.1, 0.15) is 91.0 Å². The number of nitrogens with one attached hydrogen (secondary N) is 4. The second-order valence-corrected chi connectivity index (χ2v) is 41.7. The highest BCUT2D eigenvalue weighted by molar-refractivity contribution is 9.11. The molecule has 8 amide bonds. The Hall–Kier alpha value is -7.34. The number of halogens is 5. The topological polar surface area (TPSA) is 279 Å². The molecule has 8 saturated carbocycles. The van der Waals surface area contributed by atoms with Crippen molar-refractivity contribution in [2.24, 2.45) is 35.5 Å². The molecule has 0 radical (unpaired) electrons. The minimum Gasteiger partial charge on any atom is -0.509 e. The Kier molecular flexibility index (Phi) is 23.1. The molecule has 8 atom stereocenters. The molecule has 8 aliphatic carbocycles. The van der Waals surface area contributed by atoms with Crippen LogP contribution in [0.1, 0.15) is 144 Å². The van der Waals surface area contributed by atoms with Gasteiger partial charge < -0.3 is 61.3 Å². The van der Waals surface area contributed by atoms with Gasteiger partial charge in [0.2, 0.25) is 0 Å². The number of benzene rings is 6. The fourth-order valence-electron chi connectivity index (χ4n) is 21.2. The van der Waals surface area contributed by atoms with Crippen LogP contribution < -0.4 is 21.3 Å². The predicted octanol–water partition coefficient (Wildman–Crippen LogP) is 18.0. The third-order valence-corrected chi connectivity index (χ3v) is 33.1. The first-order valence-electron chi connectivity index (χ1n) is 39.8. The molecule has 0 aromatic heterocycles. The Balaban J connectivity index is 0.000000112. The zero-order chi connectivity index (χ0) is 81.9. The largest absolute Gasteiger partial charge is 0.509 e. The number of aliphatic hydroxyl groups is 4. The summed E-state index contributed by atoms with van der Waals surface area (Å²) in [4.78, 5) is 111. The maximum atomic E-state index is 13.4. The summed E-state index contributed by atoms with van der Waals surface area (Å²) in [7, 11) is 0. The molecular formula is C88H87Br3Cl2N8O12S4. The molecule has 610 valence electrons. The molecule has 117 heavy (non-hydrogen) atoms. The van der Waals surface area contributed by atoms with Gasteiger partial charge in [0.05, 0.1) is 0 Å². The van der Waals surface area contributed by atoms with Gasteiger partial charge in [-0.2, -0.15) is 0 Å². The van der Waals surface area contributed by atoms with Gasteiger partial charge in [-0.05, 0) is 245 Å². The summed E-state index contributed by atoms with van der Waals surface area (Å²) in [6.45, 7) is 5.74. The molecule has 6 aromatic carbocycles. The first kappa shape index (κ1) is 82.0. The zero-order valence-electron chi connectivity index (χ0n) is 64.2. The third-order valence-electron chi connectivity index (χ3n) is 25.8. The van der Waals surface area contributed by atoms with Crippen LogP contribution in [0.2, 0.25) is 10.0 Å². The standard InChI is InChI=1S/C25H30N2O3S.C23H25BrN2O3S.2C20H16BrClN2O3S/c1-2-14-3-5-18(6-4-14)24-27-19(13-31-24)21(28)20(23(27)30)22(29)26-25-10-15-7-16(11-25)9-17(8-15)12-25;24-16-3-1-15(2-4-16)22-26-17(11-30-22)19(27)18(21(26)29)20(28)25-23-8-12-5-13(9-23)7-14(6-12)10-23;1-10-8-13(22)6-7-14(10)23-18(26)16-17(25)15-9-28-20(24(15)19(16)27)11-2-4-12(21)5-3-11;1-10-7-13(22)5-6-14(10)23-18(26)16-17(25)15-9-28-20(24(15)19(16)27)11-3-2-4-12(21)8-11/h3-6,15-17,19,24,28H,2,7-13H2,1H3,(H,26,29);1-4,12-14,17,22,27H,5-11H2,(H,25,28);2*2-8,15,20,25H,9H2,1H3,(H,23,26)/t15?,16?,17?,19?,24-,25?;12?,13?,14?,17?,22-,23?;2*15?,20-/m0000/s1. The Bertz CT molecular complexity index is 5180. The first-order valence-corrected chi connectivity index (χ1v) is 47.1. The van der Waals surface area contributed by atoms with Crippen LogP contribution in [0.25, 0.3) is 0 Å². The maximum absolute atomic E-state index is 13.4. The van der Waals surface area contributed by atoms with Crippen LogP contribution in [0.15, 0.2) is 192 Å². The summed E-state index contributed by atoms with van der Waals surface area (Å²) >= 11 is 28.6. The molecule has 4 saturated heterocycles. The van der Waals surface area contributed by atoms with Gasteiger partial charge in [0.15, 0.2) is 0 Å². The van der Waals surface area contributed by atoms with Crippen LogP contribution in [0, 0.1) is 49.4 Å². The van der Waals surface area contributed by atoms with Gasteiger partial charge in [-0.1, -0.05) is 139 Å². The van der Waals surface area contributed by atoms with Gasteiger partial charge in [0, 0.05) is 68.9 Å². The Morgan fingerprint density at radius 1 is 0.402 bits per heavy atom. The van der Waals surface area contributed by atoms with Crippen molar-refractivity contribution in [3.8, 4) is 0 Å². The number of aliphatic hydroxyl groups excluding tert-OH is 4. The molecule has 0 spiro atoms. The Morgan fingerprint density at radius 3 is 1.00 bits per heavy atom. The van der Waals surface area contributed by atoms with E-state index >= 15 is 0 Å². The number of carbonyl (C=O) groups is 8. The van der Waals surface area contributed by atoms with Crippen molar-refractivity contribution in [3.05, 3.63) is 241 Å². The minimum absolute atomic E-state index is 0.0174. The van der Waals surface area contributed by atoms with Crippen molar-refractivity contribution in [1.29, 1.82) is 0 Å². The summed E-state index contributed by atoms with van der Waals surface area (Å²) in [6, 6.07) is 39.9. The van der Waals surface area contributed by atoms with E-state index < -0.39 is 47.8 Å². The molecule has 8 heterocycles. The molecule has 8 N–H and O–H groups in total. The SMILES string of the molecule is CCc1ccc([C@@H]2SCC3C(O)=C(C(=O)NC45CC6CC(CC(C6)C4)C5)C(=O)N32)cc1.Cc1cc(Cl)ccc1NC(=O)C1=C(O)C2CS[C@@H](c3ccc(Br)cc3)N2C1=O.Cc1cc(Cl)ccc1NC(=O)C1=C(O)C2CS[C@@H](c3cccc(Br)c3)N2C1=O.O=C(NC12CC3CC(CC(C3)C1)C2)C1=C(O)C2CS[C@@H](c3ccc(Br)cc3)N2C1=O. The van der Waals surface area contributed by atoms with E-state index in [2.05, 4.69) is 100 Å². The van der Waals surface area contributed by atoms with Crippen LogP contribution in [-0.2, 0) is 44.8 Å². The average Bonchev–Trinajstić information content (AvgIpc) is 1.68. The lowest BCUT2D eigenvalue weighted by Gasteiger charge is -2.56. The van der Waals surface area contributed by atoms with Crippen LogP contribution in [0.5, 0.6) is 0 Å². The molecule has 12 fully saturated rings. The molecule has 29 heteroatoms. The minimum atomic E-state index is -0.611. The fraction of sp³-hybridized carbons (Fsp3) is 0.409. The van der Waals surface area contributed by atoms with Crippen LogP contribution in [0.3, 0.4) is 0 Å². The van der Waals surface area contributed by atoms with E-state index in [0.29, 0.717) is 79.9 Å². The van der Waals surface area contributed by atoms with Crippen molar-refractivity contribution >= 4 is 177 Å². The molecule has 8 aliphatic heterocycles. The number of fused-ring (bicyclic) bond motifs is 4. The van der Waals surface area contributed by atoms with E-state index in [1.807, 2.05) is 86.6 Å². The van der Waals surface area contributed by atoms with E-state index in [4.69, 9.17) is 23.2 Å². The quantitative estimate of drug-likeness (QED) is 0.0499. The van der Waals surface area contributed by atoms with Gasteiger partial charge in [-0.15, -0.1) is 47.0 Å². The monoisotopic (exact) mass is 1880 g/mol. The average molecular weight is 1890 g/mol. The number of thioether (sulfide) groups is 4.